The highest BCUT2D eigenvalue weighted by molar-refractivity contribution is 7.12. The smallest absolute Gasteiger partial charge is 0.262 e. The molecule has 0 saturated heterocycles. The van der Waals surface area contributed by atoms with Gasteiger partial charge in [-0.15, -0.1) is 11.3 Å². The van der Waals surface area contributed by atoms with Gasteiger partial charge in [-0.05, 0) is 40.6 Å². The summed E-state index contributed by atoms with van der Waals surface area (Å²) < 4.78 is 0. The Kier molecular flexibility index (Phi) is 6.04. The van der Waals surface area contributed by atoms with Gasteiger partial charge >= 0.3 is 0 Å². The van der Waals surface area contributed by atoms with Gasteiger partial charge in [0, 0.05) is 5.69 Å². The average molecular weight is 378 g/mol. The standard InChI is InChI=1S/C22H22N2O2S/c1-15(2)20(24-21(25)19-9-6-14-27-19)22(26)23-18-12-10-17(11-13-18)16-7-4-3-5-8-16/h3-15,20H,1-2H3,(H,23,26)(H,24,25)/t20-/m1/s1. The van der Waals surface area contributed by atoms with Crippen molar-refractivity contribution < 1.29 is 9.59 Å². The van der Waals surface area contributed by atoms with Crippen LogP contribution < -0.4 is 10.6 Å². The zero-order valence-corrected chi connectivity index (χ0v) is 16.1. The normalized spacial score (nSPS) is 11.8. The van der Waals surface area contributed by atoms with Crippen LogP contribution in [0.4, 0.5) is 5.69 Å². The van der Waals surface area contributed by atoms with Crippen LogP contribution in [0.5, 0.6) is 0 Å². The first-order valence-electron chi connectivity index (χ1n) is 8.85. The predicted octanol–water partition coefficient (Wildman–Crippen LogP) is 4.81. The van der Waals surface area contributed by atoms with Gasteiger partial charge in [0.15, 0.2) is 0 Å². The molecule has 3 aromatic rings. The number of rotatable bonds is 6. The quantitative estimate of drug-likeness (QED) is 0.647. The number of hydrogen-bond donors (Lipinski definition) is 2. The molecule has 0 radical (unpaired) electrons. The van der Waals surface area contributed by atoms with Crippen LogP contribution >= 0.6 is 11.3 Å². The van der Waals surface area contributed by atoms with E-state index in [1.54, 1.807) is 6.07 Å². The topological polar surface area (TPSA) is 58.2 Å². The number of carbonyl (C=O) groups is 2. The first kappa shape index (κ1) is 18.9. The second-order valence-electron chi connectivity index (χ2n) is 6.61. The summed E-state index contributed by atoms with van der Waals surface area (Å²) in [6.07, 6.45) is 0. The van der Waals surface area contributed by atoms with E-state index in [-0.39, 0.29) is 17.7 Å². The van der Waals surface area contributed by atoms with Gasteiger partial charge in [-0.1, -0.05) is 62.4 Å². The van der Waals surface area contributed by atoms with Crippen molar-refractivity contribution in [1.29, 1.82) is 0 Å². The Morgan fingerprint density at radius 3 is 2.11 bits per heavy atom. The molecule has 1 atom stereocenters. The maximum absolute atomic E-state index is 12.7. The van der Waals surface area contributed by atoms with Crippen LogP contribution in [-0.4, -0.2) is 17.9 Å². The molecule has 0 aliphatic heterocycles. The first-order chi connectivity index (χ1) is 13.0. The highest BCUT2D eigenvalue weighted by Gasteiger charge is 2.25. The molecule has 0 bridgehead atoms. The molecule has 1 aromatic heterocycles. The molecule has 2 aromatic carbocycles. The highest BCUT2D eigenvalue weighted by Crippen LogP contribution is 2.21. The third kappa shape index (κ3) is 4.83. The minimum atomic E-state index is -0.603. The maximum Gasteiger partial charge on any atom is 0.262 e. The van der Waals surface area contributed by atoms with Crippen molar-refractivity contribution in [2.45, 2.75) is 19.9 Å². The number of anilines is 1. The lowest BCUT2D eigenvalue weighted by Gasteiger charge is -2.21. The van der Waals surface area contributed by atoms with Crippen molar-refractivity contribution in [3.05, 3.63) is 77.0 Å². The zero-order valence-electron chi connectivity index (χ0n) is 15.3. The van der Waals surface area contributed by atoms with Gasteiger partial charge in [-0.25, -0.2) is 0 Å². The number of amides is 2. The van der Waals surface area contributed by atoms with Crippen LogP contribution in [0, 0.1) is 5.92 Å². The first-order valence-corrected chi connectivity index (χ1v) is 9.73. The lowest BCUT2D eigenvalue weighted by atomic mass is 10.0. The van der Waals surface area contributed by atoms with Crippen molar-refractivity contribution in [2.24, 2.45) is 5.92 Å². The summed E-state index contributed by atoms with van der Waals surface area (Å²) in [6, 6.07) is 20.7. The molecule has 0 aliphatic carbocycles. The summed E-state index contributed by atoms with van der Waals surface area (Å²) in [5.41, 5.74) is 2.91. The number of thiophene rings is 1. The molecule has 0 saturated carbocycles. The summed E-state index contributed by atoms with van der Waals surface area (Å²) >= 11 is 1.36. The van der Waals surface area contributed by atoms with Crippen LogP contribution in [-0.2, 0) is 4.79 Å². The van der Waals surface area contributed by atoms with Crippen LogP contribution in [0.3, 0.4) is 0 Å². The van der Waals surface area contributed by atoms with Crippen LogP contribution in [0.15, 0.2) is 72.1 Å². The largest absolute Gasteiger partial charge is 0.339 e. The Hall–Kier alpha value is -2.92. The van der Waals surface area contributed by atoms with E-state index in [2.05, 4.69) is 10.6 Å². The monoisotopic (exact) mass is 378 g/mol. The third-order valence-electron chi connectivity index (χ3n) is 4.24. The lowest BCUT2D eigenvalue weighted by molar-refractivity contribution is -0.118. The van der Waals surface area contributed by atoms with Crippen LogP contribution in [0.25, 0.3) is 11.1 Å². The molecule has 2 N–H and O–H groups in total. The Bertz CT molecular complexity index is 888. The fraction of sp³-hybridized carbons (Fsp3) is 0.182. The van der Waals surface area contributed by atoms with Gasteiger partial charge in [0.05, 0.1) is 4.88 Å². The van der Waals surface area contributed by atoms with Gasteiger partial charge < -0.3 is 10.6 Å². The molecule has 0 spiro atoms. The van der Waals surface area contributed by atoms with Gasteiger partial charge in [0.1, 0.15) is 6.04 Å². The fourth-order valence-electron chi connectivity index (χ4n) is 2.75. The molecular weight excluding hydrogens is 356 g/mol. The maximum atomic E-state index is 12.7. The van der Waals surface area contributed by atoms with Crippen molar-refractivity contribution >= 4 is 28.8 Å². The summed E-state index contributed by atoms with van der Waals surface area (Å²) in [5.74, 6) is -0.474. The van der Waals surface area contributed by atoms with E-state index >= 15 is 0 Å². The second kappa shape index (κ2) is 8.64. The zero-order chi connectivity index (χ0) is 19.2. The second-order valence-corrected chi connectivity index (χ2v) is 7.55. The minimum absolute atomic E-state index is 0.0301. The molecule has 0 fully saturated rings. The summed E-state index contributed by atoms with van der Waals surface area (Å²) in [6.45, 7) is 3.83. The third-order valence-corrected chi connectivity index (χ3v) is 5.11. The van der Waals surface area contributed by atoms with Gasteiger partial charge in [-0.3, -0.25) is 9.59 Å². The van der Waals surface area contributed by atoms with E-state index in [0.717, 1.165) is 11.1 Å². The van der Waals surface area contributed by atoms with E-state index in [1.165, 1.54) is 11.3 Å². The van der Waals surface area contributed by atoms with Crippen LogP contribution in [0.1, 0.15) is 23.5 Å². The summed E-state index contributed by atoms with van der Waals surface area (Å²) in [5, 5.41) is 7.58. The molecular formula is C22H22N2O2S. The molecule has 0 aliphatic rings. The van der Waals surface area contributed by atoms with Crippen molar-refractivity contribution in [2.75, 3.05) is 5.32 Å². The lowest BCUT2D eigenvalue weighted by Crippen LogP contribution is -2.46. The molecule has 4 nitrogen and oxygen atoms in total. The van der Waals surface area contributed by atoms with E-state index in [4.69, 9.17) is 0 Å². The van der Waals surface area contributed by atoms with Gasteiger partial charge in [0.2, 0.25) is 5.91 Å². The molecule has 1 heterocycles. The van der Waals surface area contributed by atoms with E-state index in [1.807, 2.05) is 79.9 Å². The number of carbonyl (C=O) groups excluding carboxylic acids is 2. The molecule has 138 valence electrons. The van der Waals surface area contributed by atoms with Crippen LogP contribution in [0.2, 0.25) is 0 Å². The number of benzene rings is 2. The van der Waals surface area contributed by atoms with Gasteiger partial charge in [0.25, 0.3) is 5.91 Å². The molecule has 0 unspecified atom stereocenters. The Morgan fingerprint density at radius 2 is 1.52 bits per heavy atom. The van der Waals surface area contributed by atoms with E-state index in [9.17, 15) is 9.59 Å². The highest BCUT2D eigenvalue weighted by atomic mass is 32.1. The average Bonchev–Trinajstić information content (AvgIpc) is 3.22. The SMILES string of the molecule is CC(C)[C@@H](NC(=O)c1cccs1)C(=O)Nc1ccc(-c2ccccc2)cc1. The van der Waals surface area contributed by atoms with Crippen molar-refractivity contribution in [3.8, 4) is 11.1 Å². The van der Waals surface area contributed by atoms with Gasteiger partial charge in [-0.2, -0.15) is 0 Å². The molecule has 5 heteroatoms. The summed E-state index contributed by atoms with van der Waals surface area (Å²) in [7, 11) is 0. The van der Waals surface area contributed by atoms with Crippen molar-refractivity contribution in [1.82, 2.24) is 5.32 Å². The Morgan fingerprint density at radius 1 is 0.852 bits per heavy atom. The molecule has 3 rings (SSSR count). The predicted molar refractivity (Wildman–Crippen MR) is 111 cm³/mol. The number of hydrogen-bond acceptors (Lipinski definition) is 3. The Balaban J connectivity index is 1.67. The number of nitrogens with one attached hydrogen (secondary N) is 2. The van der Waals surface area contributed by atoms with Crippen molar-refractivity contribution in [3.63, 3.8) is 0 Å². The Labute approximate surface area is 163 Å². The minimum Gasteiger partial charge on any atom is -0.339 e. The summed E-state index contributed by atoms with van der Waals surface area (Å²) in [4.78, 5) is 25.6. The van der Waals surface area contributed by atoms with E-state index in [0.29, 0.717) is 10.6 Å². The molecule has 27 heavy (non-hydrogen) atoms. The fourth-order valence-corrected chi connectivity index (χ4v) is 3.38. The molecule has 2 amide bonds. The van der Waals surface area contributed by atoms with E-state index < -0.39 is 6.04 Å².